The van der Waals surface area contributed by atoms with Crippen molar-refractivity contribution < 1.29 is 4.39 Å². The van der Waals surface area contributed by atoms with Gasteiger partial charge >= 0.3 is 5.69 Å². The zero-order valence-corrected chi connectivity index (χ0v) is 6.97. The van der Waals surface area contributed by atoms with E-state index in [0.29, 0.717) is 16.6 Å². The minimum absolute atomic E-state index is 0.369. The largest absolute Gasteiger partial charge is 0.344 e. The number of imidazole rings is 1. The Hall–Kier alpha value is -1.78. The summed E-state index contributed by atoms with van der Waals surface area (Å²) < 4.78 is 13.9. The van der Waals surface area contributed by atoms with Crippen molar-refractivity contribution in [3.8, 4) is 0 Å². The van der Waals surface area contributed by atoms with Crippen molar-refractivity contribution in [1.82, 2.24) is 9.66 Å². The van der Waals surface area contributed by atoms with Crippen LogP contribution in [-0.2, 0) is 0 Å². The van der Waals surface area contributed by atoms with Crippen molar-refractivity contribution in [2.75, 3.05) is 5.84 Å². The van der Waals surface area contributed by atoms with E-state index >= 15 is 0 Å². The van der Waals surface area contributed by atoms with E-state index in [-0.39, 0.29) is 5.82 Å². The third-order valence-corrected chi connectivity index (χ3v) is 2.00. The van der Waals surface area contributed by atoms with Crippen LogP contribution in [-0.4, -0.2) is 9.66 Å². The zero-order valence-electron chi connectivity index (χ0n) is 6.97. The van der Waals surface area contributed by atoms with Crippen LogP contribution in [0.2, 0.25) is 0 Å². The fourth-order valence-electron chi connectivity index (χ4n) is 1.26. The highest BCUT2D eigenvalue weighted by Crippen LogP contribution is 2.14. The van der Waals surface area contributed by atoms with Gasteiger partial charge in [-0.15, -0.1) is 0 Å². The molecule has 13 heavy (non-hydrogen) atoms. The number of hydrogen-bond acceptors (Lipinski definition) is 2. The lowest BCUT2D eigenvalue weighted by molar-refractivity contribution is 0.620. The Morgan fingerprint density at radius 1 is 1.54 bits per heavy atom. The van der Waals surface area contributed by atoms with Gasteiger partial charge in [0.2, 0.25) is 0 Å². The van der Waals surface area contributed by atoms with E-state index in [0.717, 1.165) is 4.68 Å². The van der Waals surface area contributed by atoms with E-state index in [1.807, 2.05) is 0 Å². The summed E-state index contributed by atoms with van der Waals surface area (Å²) in [6.07, 6.45) is 0. The molecule has 0 spiro atoms. The van der Waals surface area contributed by atoms with Crippen LogP contribution in [0.5, 0.6) is 0 Å². The van der Waals surface area contributed by atoms with E-state index in [1.165, 1.54) is 6.07 Å². The lowest BCUT2D eigenvalue weighted by Crippen LogP contribution is -2.23. The second kappa shape index (κ2) is 2.35. The van der Waals surface area contributed by atoms with Crippen LogP contribution in [0.25, 0.3) is 11.0 Å². The standard InChI is InChI=1S/C8H8FN3O/c1-4-2-6-7(3-5(4)9)12(10)8(13)11-6/h2-3H,10H2,1H3,(H,11,13). The van der Waals surface area contributed by atoms with E-state index in [1.54, 1.807) is 13.0 Å². The van der Waals surface area contributed by atoms with E-state index in [2.05, 4.69) is 4.98 Å². The summed E-state index contributed by atoms with van der Waals surface area (Å²) in [6.45, 7) is 1.63. The number of halogens is 1. The number of H-pyrrole nitrogens is 1. The first kappa shape index (κ1) is 7.85. The molecule has 4 nitrogen and oxygen atoms in total. The number of aryl methyl sites for hydroxylation is 1. The van der Waals surface area contributed by atoms with Gasteiger partial charge in [0.05, 0.1) is 11.0 Å². The van der Waals surface area contributed by atoms with Gasteiger partial charge in [0.15, 0.2) is 0 Å². The van der Waals surface area contributed by atoms with Gasteiger partial charge in [-0.25, -0.2) is 13.9 Å². The maximum atomic E-state index is 13.1. The number of fused-ring (bicyclic) bond motifs is 1. The van der Waals surface area contributed by atoms with Gasteiger partial charge in [0.25, 0.3) is 0 Å². The summed E-state index contributed by atoms with van der Waals surface area (Å²) in [4.78, 5) is 13.5. The highest BCUT2D eigenvalue weighted by atomic mass is 19.1. The monoisotopic (exact) mass is 181 g/mol. The van der Waals surface area contributed by atoms with Gasteiger partial charge in [-0.2, -0.15) is 0 Å². The quantitative estimate of drug-likeness (QED) is 0.581. The SMILES string of the molecule is Cc1cc2[nH]c(=O)n(N)c2cc1F. The molecule has 0 unspecified atom stereocenters. The average molecular weight is 181 g/mol. The van der Waals surface area contributed by atoms with Crippen LogP contribution in [0.3, 0.4) is 0 Å². The number of benzene rings is 1. The first-order valence-corrected chi connectivity index (χ1v) is 3.75. The number of rotatable bonds is 0. The summed E-state index contributed by atoms with van der Waals surface area (Å²) in [5, 5.41) is 0. The Morgan fingerprint density at radius 3 is 2.92 bits per heavy atom. The lowest BCUT2D eigenvalue weighted by atomic mass is 10.2. The van der Waals surface area contributed by atoms with Gasteiger partial charge in [-0.05, 0) is 18.6 Å². The summed E-state index contributed by atoms with van der Waals surface area (Å²) in [5.41, 5.74) is 0.953. The first-order chi connectivity index (χ1) is 6.09. The smallest absolute Gasteiger partial charge is 0.335 e. The highest BCUT2D eigenvalue weighted by molar-refractivity contribution is 5.76. The zero-order chi connectivity index (χ0) is 9.59. The predicted molar refractivity (Wildman–Crippen MR) is 47.4 cm³/mol. The van der Waals surface area contributed by atoms with Gasteiger partial charge in [0.1, 0.15) is 5.82 Å². The Morgan fingerprint density at radius 2 is 2.23 bits per heavy atom. The Kier molecular flexibility index (Phi) is 1.42. The first-order valence-electron chi connectivity index (χ1n) is 3.75. The Labute approximate surface area is 72.8 Å². The summed E-state index contributed by atoms with van der Waals surface area (Å²) >= 11 is 0. The lowest BCUT2D eigenvalue weighted by Gasteiger charge is -1.96. The number of aromatic nitrogens is 2. The van der Waals surface area contributed by atoms with Crippen LogP contribution in [0.15, 0.2) is 16.9 Å². The van der Waals surface area contributed by atoms with Gasteiger partial charge < -0.3 is 10.8 Å². The molecule has 0 saturated heterocycles. The van der Waals surface area contributed by atoms with Crippen molar-refractivity contribution in [2.45, 2.75) is 6.92 Å². The summed E-state index contributed by atoms with van der Waals surface area (Å²) in [6, 6.07) is 2.79. The number of aromatic amines is 1. The van der Waals surface area contributed by atoms with Gasteiger partial charge in [-0.1, -0.05) is 0 Å². The number of nitrogens with two attached hydrogens (primary N) is 1. The van der Waals surface area contributed by atoms with Crippen molar-refractivity contribution in [3.63, 3.8) is 0 Å². The van der Waals surface area contributed by atoms with Crippen LogP contribution in [0.4, 0.5) is 4.39 Å². The molecule has 0 aliphatic heterocycles. The second-order valence-electron chi connectivity index (χ2n) is 2.92. The number of hydrogen-bond donors (Lipinski definition) is 2. The molecule has 2 rings (SSSR count). The molecule has 0 fully saturated rings. The predicted octanol–water partition coefficient (Wildman–Crippen LogP) is 0.491. The molecule has 1 aromatic carbocycles. The molecular formula is C8H8FN3O. The van der Waals surface area contributed by atoms with Crippen molar-refractivity contribution in [2.24, 2.45) is 0 Å². The van der Waals surface area contributed by atoms with E-state index in [9.17, 15) is 9.18 Å². The molecule has 3 N–H and O–H groups in total. The van der Waals surface area contributed by atoms with Crippen LogP contribution in [0.1, 0.15) is 5.56 Å². The van der Waals surface area contributed by atoms with Crippen LogP contribution >= 0.6 is 0 Å². The molecule has 0 aliphatic carbocycles. The topological polar surface area (TPSA) is 63.8 Å². The molecule has 0 atom stereocenters. The minimum atomic E-state index is -0.444. The maximum Gasteiger partial charge on any atom is 0.344 e. The Balaban J connectivity index is 2.97. The third kappa shape index (κ3) is 1.00. The molecule has 1 heterocycles. The van der Waals surface area contributed by atoms with Crippen LogP contribution in [0, 0.1) is 12.7 Å². The molecule has 0 aliphatic rings. The fourth-order valence-corrected chi connectivity index (χ4v) is 1.26. The molecule has 68 valence electrons. The van der Waals surface area contributed by atoms with E-state index in [4.69, 9.17) is 5.84 Å². The maximum absolute atomic E-state index is 13.1. The fraction of sp³-hybridized carbons (Fsp3) is 0.125. The molecule has 1 aromatic heterocycles. The molecule has 0 saturated carbocycles. The van der Waals surface area contributed by atoms with Crippen molar-refractivity contribution in [1.29, 1.82) is 0 Å². The van der Waals surface area contributed by atoms with Gasteiger partial charge in [0, 0.05) is 6.07 Å². The second-order valence-corrected chi connectivity index (χ2v) is 2.92. The van der Waals surface area contributed by atoms with Gasteiger partial charge in [-0.3, -0.25) is 0 Å². The average Bonchev–Trinajstić information content (AvgIpc) is 2.32. The van der Waals surface area contributed by atoms with Crippen molar-refractivity contribution >= 4 is 11.0 Å². The minimum Gasteiger partial charge on any atom is -0.335 e. The molecule has 0 bridgehead atoms. The summed E-state index contributed by atoms with van der Waals surface area (Å²) in [5.74, 6) is 4.99. The van der Waals surface area contributed by atoms with E-state index < -0.39 is 5.69 Å². The molecular weight excluding hydrogens is 173 g/mol. The number of nitrogens with one attached hydrogen (secondary N) is 1. The molecule has 5 heteroatoms. The normalized spacial score (nSPS) is 10.9. The number of nitrogens with zero attached hydrogens (tertiary/aromatic N) is 1. The highest BCUT2D eigenvalue weighted by Gasteiger charge is 2.06. The molecule has 0 amide bonds. The summed E-state index contributed by atoms with van der Waals surface area (Å²) in [7, 11) is 0. The van der Waals surface area contributed by atoms with Crippen LogP contribution < -0.4 is 11.5 Å². The molecule has 0 radical (unpaired) electrons. The number of nitrogen functional groups attached to an aromatic ring is 1. The Bertz CT molecular complexity index is 526. The molecule has 2 aromatic rings. The van der Waals surface area contributed by atoms with Crippen molar-refractivity contribution in [3.05, 3.63) is 34.0 Å². The third-order valence-electron chi connectivity index (χ3n) is 2.00.